The monoisotopic (exact) mass is 268 g/mol. The predicted molar refractivity (Wildman–Crippen MR) is 73.2 cm³/mol. The van der Waals surface area contributed by atoms with E-state index in [1.807, 2.05) is 11.4 Å². The molecule has 1 fully saturated rings. The van der Waals surface area contributed by atoms with Crippen molar-refractivity contribution < 1.29 is 9.90 Å². The Balaban J connectivity index is 2.06. The summed E-state index contributed by atoms with van der Waals surface area (Å²) in [7, 11) is 2.15. The minimum absolute atomic E-state index is 0.481. The molecule has 2 atom stereocenters. The molecule has 0 amide bonds. The summed E-state index contributed by atoms with van der Waals surface area (Å²) in [5.74, 6) is -0.810. The third kappa shape index (κ3) is 2.74. The van der Waals surface area contributed by atoms with Crippen LogP contribution in [0.4, 0.5) is 0 Å². The molecule has 1 saturated heterocycles. The number of thiophene rings is 1. The topological polar surface area (TPSA) is 43.8 Å². The first-order valence-electron chi connectivity index (χ1n) is 6.23. The molecule has 18 heavy (non-hydrogen) atoms. The van der Waals surface area contributed by atoms with Crippen LogP contribution in [0.25, 0.3) is 0 Å². The van der Waals surface area contributed by atoms with E-state index in [9.17, 15) is 4.79 Å². The molecule has 4 nitrogen and oxygen atoms in total. The van der Waals surface area contributed by atoms with E-state index in [1.54, 1.807) is 0 Å². The van der Waals surface area contributed by atoms with Crippen molar-refractivity contribution in [2.45, 2.75) is 32.5 Å². The summed E-state index contributed by atoms with van der Waals surface area (Å²) in [5, 5.41) is 11.0. The van der Waals surface area contributed by atoms with Gasteiger partial charge in [-0.05, 0) is 37.9 Å². The highest BCUT2D eigenvalue weighted by Gasteiger charge is 2.27. The van der Waals surface area contributed by atoms with Gasteiger partial charge >= 0.3 is 5.97 Å². The SMILES string of the molecule is CC1CN(Cc2ccsc2C(=O)O)CC(C)N1C. The maximum atomic E-state index is 11.1. The van der Waals surface area contributed by atoms with Crippen LogP contribution in [0.1, 0.15) is 29.1 Å². The number of carbonyl (C=O) groups is 1. The number of rotatable bonds is 3. The van der Waals surface area contributed by atoms with Crippen LogP contribution in [0.15, 0.2) is 11.4 Å². The van der Waals surface area contributed by atoms with E-state index in [0.29, 0.717) is 17.0 Å². The van der Waals surface area contributed by atoms with E-state index in [0.717, 1.165) is 25.2 Å². The van der Waals surface area contributed by atoms with Gasteiger partial charge in [-0.25, -0.2) is 4.79 Å². The predicted octanol–water partition coefficient (Wildman–Crippen LogP) is 1.97. The molecule has 2 rings (SSSR count). The molecule has 2 unspecified atom stereocenters. The second kappa shape index (κ2) is 5.38. The summed E-state index contributed by atoms with van der Waals surface area (Å²) in [6.45, 7) is 7.17. The second-order valence-electron chi connectivity index (χ2n) is 5.14. The third-order valence-electron chi connectivity index (χ3n) is 3.77. The van der Waals surface area contributed by atoms with Crippen molar-refractivity contribution in [3.63, 3.8) is 0 Å². The lowest BCUT2D eigenvalue weighted by Crippen LogP contribution is -2.54. The molecule has 100 valence electrons. The van der Waals surface area contributed by atoms with E-state index in [4.69, 9.17) is 5.11 Å². The molecule has 0 bridgehead atoms. The van der Waals surface area contributed by atoms with E-state index in [1.165, 1.54) is 11.3 Å². The highest BCUT2D eigenvalue weighted by molar-refractivity contribution is 7.12. The second-order valence-corrected chi connectivity index (χ2v) is 6.05. The number of carboxylic acid groups (broad SMARTS) is 1. The molecule has 1 aromatic heterocycles. The zero-order valence-electron chi connectivity index (χ0n) is 11.1. The minimum Gasteiger partial charge on any atom is -0.477 e. The zero-order chi connectivity index (χ0) is 13.3. The van der Waals surface area contributed by atoms with Crippen LogP contribution in [0.3, 0.4) is 0 Å². The van der Waals surface area contributed by atoms with Gasteiger partial charge in [-0.15, -0.1) is 11.3 Å². The number of piperazine rings is 1. The maximum Gasteiger partial charge on any atom is 0.346 e. The Labute approximate surface area is 112 Å². The molecule has 2 heterocycles. The average molecular weight is 268 g/mol. The van der Waals surface area contributed by atoms with Gasteiger partial charge in [-0.3, -0.25) is 9.80 Å². The van der Waals surface area contributed by atoms with E-state index >= 15 is 0 Å². The number of aromatic carboxylic acids is 1. The van der Waals surface area contributed by atoms with Crippen LogP contribution in [0.5, 0.6) is 0 Å². The Morgan fingerprint density at radius 3 is 2.61 bits per heavy atom. The average Bonchev–Trinajstić information content (AvgIpc) is 2.74. The van der Waals surface area contributed by atoms with Gasteiger partial charge in [-0.1, -0.05) is 0 Å². The first kappa shape index (κ1) is 13.5. The molecule has 5 heteroatoms. The molecule has 0 aliphatic carbocycles. The number of hydrogen-bond donors (Lipinski definition) is 1. The Morgan fingerprint density at radius 2 is 2.06 bits per heavy atom. The van der Waals surface area contributed by atoms with Gasteiger partial charge in [0.15, 0.2) is 0 Å². The third-order valence-corrected chi connectivity index (χ3v) is 4.71. The normalized spacial score (nSPS) is 26.4. The lowest BCUT2D eigenvalue weighted by atomic mass is 10.1. The number of carboxylic acids is 1. The quantitative estimate of drug-likeness (QED) is 0.910. The number of nitrogens with zero attached hydrogens (tertiary/aromatic N) is 2. The van der Waals surface area contributed by atoms with E-state index < -0.39 is 5.97 Å². The Morgan fingerprint density at radius 1 is 1.44 bits per heavy atom. The fraction of sp³-hybridized carbons (Fsp3) is 0.615. The molecule has 1 N–H and O–H groups in total. The summed E-state index contributed by atoms with van der Waals surface area (Å²) >= 11 is 1.31. The fourth-order valence-electron chi connectivity index (χ4n) is 2.53. The first-order valence-corrected chi connectivity index (χ1v) is 7.11. The van der Waals surface area contributed by atoms with Gasteiger partial charge < -0.3 is 5.11 Å². The Kier molecular flexibility index (Phi) is 4.04. The largest absolute Gasteiger partial charge is 0.477 e. The van der Waals surface area contributed by atoms with Crippen LogP contribution in [0, 0.1) is 0 Å². The molecule has 0 saturated carbocycles. The summed E-state index contributed by atoms with van der Waals surface area (Å²) in [4.78, 5) is 16.3. The van der Waals surface area contributed by atoms with Crippen LogP contribution in [0.2, 0.25) is 0 Å². The molecule has 0 aromatic carbocycles. The van der Waals surface area contributed by atoms with Crippen LogP contribution in [-0.4, -0.2) is 53.1 Å². The van der Waals surface area contributed by atoms with Crippen molar-refractivity contribution in [1.82, 2.24) is 9.80 Å². The van der Waals surface area contributed by atoms with Crippen molar-refractivity contribution in [3.05, 3.63) is 21.9 Å². The smallest absolute Gasteiger partial charge is 0.346 e. The van der Waals surface area contributed by atoms with Gasteiger partial charge in [0.25, 0.3) is 0 Å². The van der Waals surface area contributed by atoms with Crippen molar-refractivity contribution in [2.24, 2.45) is 0 Å². The van der Waals surface area contributed by atoms with Gasteiger partial charge in [0.05, 0.1) is 0 Å². The molecule has 0 radical (unpaired) electrons. The fourth-order valence-corrected chi connectivity index (χ4v) is 3.28. The molecular formula is C13H20N2O2S. The number of likely N-dealkylation sites (N-methyl/N-ethyl adjacent to an activating group) is 1. The van der Waals surface area contributed by atoms with Crippen molar-refractivity contribution in [3.8, 4) is 0 Å². The summed E-state index contributed by atoms with van der Waals surface area (Å²) in [6, 6.07) is 2.96. The molecular weight excluding hydrogens is 248 g/mol. The zero-order valence-corrected chi connectivity index (χ0v) is 11.9. The molecule has 0 spiro atoms. The van der Waals surface area contributed by atoms with Gasteiger partial charge in [-0.2, -0.15) is 0 Å². The van der Waals surface area contributed by atoms with Crippen molar-refractivity contribution in [1.29, 1.82) is 0 Å². The summed E-state index contributed by atoms with van der Waals surface area (Å²) < 4.78 is 0. The van der Waals surface area contributed by atoms with Crippen molar-refractivity contribution in [2.75, 3.05) is 20.1 Å². The number of hydrogen-bond acceptors (Lipinski definition) is 4. The lowest BCUT2D eigenvalue weighted by molar-refractivity contribution is 0.0550. The van der Waals surface area contributed by atoms with Crippen LogP contribution >= 0.6 is 11.3 Å². The lowest BCUT2D eigenvalue weighted by Gasteiger charge is -2.42. The van der Waals surface area contributed by atoms with Gasteiger partial charge in [0.1, 0.15) is 4.88 Å². The van der Waals surface area contributed by atoms with Crippen LogP contribution in [-0.2, 0) is 6.54 Å². The summed E-state index contributed by atoms with van der Waals surface area (Å²) in [5.41, 5.74) is 0.941. The van der Waals surface area contributed by atoms with Gasteiger partial charge in [0.2, 0.25) is 0 Å². The summed E-state index contributed by atoms with van der Waals surface area (Å²) in [6.07, 6.45) is 0. The van der Waals surface area contributed by atoms with Crippen LogP contribution < -0.4 is 0 Å². The Bertz CT molecular complexity index is 420. The van der Waals surface area contributed by atoms with E-state index in [-0.39, 0.29) is 0 Å². The van der Waals surface area contributed by atoms with Crippen molar-refractivity contribution >= 4 is 17.3 Å². The van der Waals surface area contributed by atoms with Gasteiger partial charge in [0, 0.05) is 31.7 Å². The maximum absolute atomic E-state index is 11.1. The minimum atomic E-state index is -0.810. The molecule has 1 aliphatic rings. The highest BCUT2D eigenvalue weighted by Crippen LogP contribution is 2.21. The van der Waals surface area contributed by atoms with E-state index in [2.05, 4.69) is 30.7 Å². The highest BCUT2D eigenvalue weighted by atomic mass is 32.1. The Hall–Kier alpha value is -0.910. The molecule has 1 aromatic rings. The molecule has 1 aliphatic heterocycles. The standard InChI is InChI=1S/C13H20N2O2S/c1-9-6-15(7-10(2)14(9)3)8-11-4-5-18-12(11)13(16)17/h4-5,9-10H,6-8H2,1-3H3,(H,16,17). The first-order chi connectivity index (χ1) is 8.49.